The van der Waals surface area contributed by atoms with Crippen LogP contribution in [0.5, 0.6) is 0 Å². The number of aliphatic hydroxyl groups is 1. The molecule has 0 bridgehead atoms. The molecule has 0 fully saturated rings. The highest BCUT2D eigenvalue weighted by Crippen LogP contribution is 2.10. The summed E-state index contributed by atoms with van der Waals surface area (Å²) in [5.41, 5.74) is -0.128. The van der Waals surface area contributed by atoms with Gasteiger partial charge in [-0.2, -0.15) is 0 Å². The summed E-state index contributed by atoms with van der Waals surface area (Å²) < 4.78 is 13.1. The zero-order valence-electron chi connectivity index (χ0n) is 6.54. The highest BCUT2D eigenvalue weighted by atomic mass is 19.1. The standard InChI is InChI=1S/C8H8FNO2/c1-5(12)6-2-3-10-7(4-11)8(6)9/h2-3,11H,4H2,1H3. The number of hydrogen-bond donors (Lipinski definition) is 1. The first-order valence-corrected chi connectivity index (χ1v) is 3.42. The summed E-state index contributed by atoms with van der Waals surface area (Å²) >= 11 is 0. The number of halogens is 1. The molecule has 0 radical (unpaired) electrons. The fourth-order valence-electron chi connectivity index (χ4n) is 0.869. The SMILES string of the molecule is CC(=O)c1ccnc(CO)c1F. The lowest BCUT2D eigenvalue weighted by Gasteiger charge is -2.00. The largest absolute Gasteiger partial charge is 0.390 e. The fourth-order valence-corrected chi connectivity index (χ4v) is 0.869. The van der Waals surface area contributed by atoms with Crippen molar-refractivity contribution >= 4 is 5.78 Å². The first-order chi connectivity index (χ1) is 5.66. The van der Waals surface area contributed by atoms with Crippen molar-refractivity contribution in [1.29, 1.82) is 0 Å². The zero-order chi connectivity index (χ0) is 9.14. The summed E-state index contributed by atoms with van der Waals surface area (Å²) in [6, 6.07) is 1.29. The van der Waals surface area contributed by atoms with Crippen molar-refractivity contribution in [1.82, 2.24) is 4.98 Å². The molecule has 0 aromatic carbocycles. The van der Waals surface area contributed by atoms with Crippen LogP contribution in [-0.2, 0) is 6.61 Å². The average Bonchev–Trinajstić information content (AvgIpc) is 2.04. The minimum atomic E-state index is -0.729. The number of aliphatic hydroxyl groups excluding tert-OH is 1. The molecule has 0 saturated heterocycles. The van der Waals surface area contributed by atoms with Crippen LogP contribution in [0.15, 0.2) is 12.3 Å². The lowest BCUT2D eigenvalue weighted by Crippen LogP contribution is -2.03. The van der Waals surface area contributed by atoms with E-state index in [1.165, 1.54) is 19.2 Å². The highest BCUT2D eigenvalue weighted by Gasteiger charge is 2.11. The van der Waals surface area contributed by atoms with E-state index in [2.05, 4.69) is 4.98 Å². The van der Waals surface area contributed by atoms with Crippen LogP contribution in [-0.4, -0.2) is 15.9 Å². The van der Waals surface area contributed by atoms with Crippen molar-refractivity contribution in [3.63, 3.8) is 0 Å². The Balaban J connectivity index is 3.23. The second-order valence-electron chi connectivity index (χ2n) is 2.33. The van der Waals surface area contributed by atoms with Gasteiger partial charge in [-0.15, -0.1) is 0 Å². The number of hydrogen-bond acceptors (Lipinski definition) is 3. The Hall–Kier alpha value is -1.29. The lowest BCUT2D eigenvalue weighted by molar-refractivity contribution is 0.101. The average molecular weight is 169 g/mol. The summed E-state index contributed by atoms with van der Waals surface area (Å²) in [6.45, 7) is 0.770. The normalized spacial score (nSPS) is 9.92. The van der Waals surface area contributed by atoms with E-state index in [1.54, 1.807) is 0 Å². The maximum Gasteiger partial charge on any atom is 0.162 e. The smallest absolute Gasteiger partial charge is 0.162 e. The van der Waals surface area contributed by atoms with Gasteiger partial charge in [0.2, 0.25) is 0 Å². The zero-order valence-corrected chi connectivity index (χ0v) is 6.54. The van der Waals surface area contributed by atoms with Crippen LogP contribution in [0.25, 0.3) is 0 Å². The van der Waals surface area contributed by atoms with E-state index < -0.39 is 12.4 Å². The van der Waals surface area contributed by atoms with Gasteiger partial charge in [-0.1, -0.05) is 0 Å². The summed E-state index contributed by atoms with van der Waals surface area (Å²) in [5.74, 6) is -1.10. The van der Waals surface area contributed by atoms with E-state index in [0.717, 1.165) is 0 Å². The van der Waals surface area contributed by atoms with Crippen molar-refractivity contribution in [3.05, 3.63) is 29.3 Å². The topological polar surface area (TPSA) is 50.2 Å². The van der Waals surface area contributed by atoms with Crippen LogP contribution < -0.4 is 0 Å². The predicted molar refractivity (Wildman–Crippen MR) is 40.1 cm³/mol. The Morgan fingerprint density at radius 1 is 1.75 bits per heavy atom. The summed E-state index contributed by atoms with van der Waals surface area (Å²) in [7, 11) is 0. The molecule has 64 valence electrons. The number of carbonyl (C=O) groups is 1. The number of rotatable bonds is 2. The van der Waals surface area contributed by atoms with Crippen molar-refractivity contribution in [2.75, 3.05) is 0 Å². The monoisotopic (exact) mass is 169 g/mol. The van der Waals surface area contributed by atoms with Gasteiger partial charge in [-0.05, 0) is 13.0 Å². The molecule has 0 unspecified atom stereocenters. The third-order valence-corrected chi connectivity index (χ3v) is 1.49. The van der Waals surface area contributed by atoms with Crippen LogP contribution >= 0.6 is 0 Å². The van der Waals surface area contributed by atoms with Crippen LogP contribution in [0.2, 0.25) is 0 Å². The van der Waals surface area contributed by atoms with Gasteiger partial charge in [0.25, 0.3) is 0 Å². The molecule has 0 spiro atoms. The first kappa shape index (κ1) is 8.80. The van der Waals surface area contributed by atoms with Crippen molar-refractivity contribution in [2.45, 2.75) is 13.5 Å². The molecule has 1 heterocycles. The summed E-state index contributed by atoms with van der Waals surface area (Å²) in [6.07, 6.45) is 1.30. The number of ketones is 1. The third-order valence-electron chi connectivity index (χ3n) is 1.49. The third kappa shape index (κ3) is 1.48. The van der Waals surface area contributed by atoms with Gasteiger partial charge >= 0.3 is 0 Å². The molecule has 0 aliphatic rings. The lowest BCUT2D eigenvalue weighted by atomic mass is 10.1. The second kappa shape index (κ2) is 3.40. The quantitative estimate of drug-likeness (QED) is 0.669. The number of Topliss-reactive ketones (excluding diaryl/α,β-unsaturated/α-hetero) is 1. The molecule has 0 amide bonds. The molecule has 0 saturated carbocycles. The minimum Gasteiger partial charge on any atom is -0.390 e. The molecule has 1 aromatic heterocycles. The highest BCUT2D eigenvalue weighted by molar-refractivity contribution is 5.94. The Morgan fingerprint density at radius 2 is 2.42 bits per heavy atom. The van der Waals surface area contributed by atoms with E-state index >= 15 is 0 Å². The molecule has 1 aromatic rings. The van der Waals surface area contributed by atoms with E-state index in [-0.39, 0.29) is 17.0 Å². The Morgan fingerprint density at radius 3 is 2.92 bits per heavy atom. The molecule has 12 heavy (non-hydrogen) atoms. The molecule has 0 aliphatic heterocycles. The molecule has 0 atom stereocenters. The molecular formula is C8H8FNO2. The second-order valence-corrected chi connectivity index (χ2v) is 2.33. The number of pyridine rings is 1. The van der Waals surface area contributed by atoms with E-state index in [0.29, 0.717) is 0 Å². The molecule has 3 nitrogen and oxygen atoms in total. The maximum absolute atomic E-state index is 13.1. The number of aromatic nitrogens is 1. The van der Waals surface area contributed by atoms with Crippen LogP contribution in [0.3, 0.4) is 0 Å². The van der Waals surface area contributed by atoms with Gasteiger partial charge in [0.15, 0.2) is 11.6 Å². The summed E-state index contributed by atoms with van der Waals surface area (Å²) in [4.78, 5) is 14.3. The van der Waals surface area contributed by atoms with Gasteiger partial charge in [0.05, 0.1) is 12.2 Å². The van der Waals surface area contributed by atoms with Gasteiger partial charge < -0.3 is 5.11 Å². The predicted octanol–water partition coefficient (Wildman–Crippen LogP) is 0.916. The van der Waals surface area contributed by atoms with Gasteiger partial charge in [0, 0.05) is 6.20 Å². The number of carbonyl (C=O) groups excluding carboxylic acids is 1. The molecule has 4 heteroatoms. The van der Waals surface area contributed by atoms with E-state index in [4.69, 9.17) is 5.11 Å². The van der Waals surface area contributed by atoms with Crippen molar-refractivity contribution in [3.8, 4) is 0 Å². The molecule has 1 rings (SSSR count). The molecule has 1 N–H and O–H groups in total. The van der Waals surface area contributed by atoms with E-state index in [9.17, 15) is 9.18 Å². The Labute approximate surface area is 68.9 Å². The summed E-state index contributed by atoms with van der Waals surface area (Å²) in [5, 5.41) is 8.61. The molecule has 0 aliphatic carbocycles. The van der Waals surface area contributed by atoms with Crippen molar-refractivity contribution < 1.29 is 14.3 Å². The fraction of sp³-hybridized carbons (Fsp3) is 0.250. The van der Waals surface area contributed by atoms with Gasteiger partial charge in [-0.3, -0.25) is 9.78 Å². The van der Waals surface area contributed by atoms with Crippen LogP contribution in [0, 0.1) is 5.82 Å². The van der Waals surface area contributed by atoms with Crippen LogP contribution in [0.1, 0.15) is 23.0 Å². The number of nitrogens with zero attached hydrogens (tertiary/aromatic N) is 1. The van der Waals surface area contributed by atoms with Gasteiger partial charge in [0.1, 0.15) is 5.69 Å². The molecular weight excluding hydrogens is 161 g/mol. The van der Waals surface area contributed by atoms with E-state index in [1.807, 2.05) is 0 Å². The minimum absolute atomic E-state index is 0.0333. The Kier molecular flexibility index (Phi) is 2.50. The Bertz CT molecular complexity index is 312. The van der Waals surface area contributed by atoms with Gasteiger partial charge in [-0.25, -0.2) is 4.39 Å². The maximum atomic E-state index is 13.1. The first-order valence-electron chi connectivity index (χ1n) is 3.42. The van der Waals surface area contributed by atoms with Crippen LogP contribution in [0.4, 0.5) is 4.39 Å². The van der Waals surface area contributed by atoms with Crippen molar-refractivity contribution in [2.24, 2.45) is 0 Å².